The maximum atomic E-state index is 11.4. The molecular formula is C15H17N3O2. The number of rotatable bonds is 2. The van der Waals surface area contributed by atoms with Crippen LogP contribution in [-0.4, -0.2) is 42.2 Å². The van der Waals surface area contributed by atoms with Crippen LogP contribution in [0.25, 0.3) is 10.9 Å². The number of piperazine rings is 1. The number of anilines is 1. The number of carbonyl (C=O) groups is 1. The minimum atomic E-state index is -0.931. The zero-order valence-electron chi connectivity index (χ0n) is 11.4. The van der Waals surface area contributed by atoms with Crippen molar-refractivity contribution in [1.29, 1.82) is 0 Å². The van der Waals surface area contributed by atoms with Crippen LogP contribution in [0.1, 0.15) is 16.1 Å². The summed E-state index contributed by atoms with van der Waals surface area (Å²) in [6.45, 7) is 5.65. The van der Waals surface area contributed by atoms with Gasteiger partial charge in [0.2, 0.25) is 0 Å². The first-order valence-corrected chi connectivity index (χ1v) is 6.76. The Morgan fingerprint density at radius 3 is 2.80 bits per heavy atom. The molecule has 1 saturated heterocycles. The average molecular weight is 271 g/mol. The summed E-state index contributed by atoms with van der Waals surface area (Å²) in [5, 5.41) is 13.6. The van der Waals surface area contributed by atoms with Gasteiger partial charge in [-0.2, -0.15) is 0 Å². The number of benzene rings is 1. The summed E-state index contributed by atoms with van der Waals surface area (Å²) in [5.74, 6) is -0.931. The summed E-state index contributed by atoms with van der Waals surface area (Å²) in [7, 11) is 0. The molecule has 1 aromatic heterocycles. The fourth-order valence-electron chi connectivity index (χ4n) is 2.69. The normalized spacial score (nSPS) is 15.6. The number of fused-ring (bicyclic) bond motifs is 1. The molecule has 0 amide bonds. The fraction of sp³-hybridized carbons (Fsp3) is 0.333. The first-order chi connectivity index (χ1) is 9.66. The number of hydrogen-bond donors (Lipinski definition) is 2. The van der Waals surface area contributed by atoms with E-state index in [-0.39, 0.29) is 5.56 Å². The minimum absolute atomic E-state index is 0.266. The highest BCUT2D eigenvalue weighted by Crippen LogP contribution is 2.29. The molecule has 0 radical (unpaired) electrons. The van der Waals surface area contributed by atoms with Gasteiger partial charge in [-0.05, 0) is 19.1 Å². The van der Waals surface area contributed by atoms with Crippen molar-refractivity contribution in [2.24, 2.45) is 0 Å². The summed E-state index contributed by atoms with van der Waals surface area (Å²) in [6.07, 6.45) is 0. The molecule has 0 atom stereocenters. The zero-order valence-corrected chi connectivity index (χ0v) is 11.4. The van der Waals surface area contributed by atoms with Gasteiger partial charge in [0.1, 0.15) is 0 Å². The van der Waals surface area contributed by atoms with Crippen LogP contribution in [0.5, 0.6) is 0 Å². The van der Waals surface area contributed by atoms with Crippen LogP contribution in [0, 0.1) is 6.92 Å². The number of para-hydroxylation sites is 1. The topological polar surface area (TPSA) is 65.5 Å². The molecule has 0 bridgehead atoms. The Balaban J connectivity index is 2.21. The summed E-state index contributed by atoms with van der Waals surface area (Å²) >= 11 is 0. The number of nitrogens with zero attached hydrogens (tertiary/aromatic N) is 2. The van der Waals surface area contributed by atoms with Gasteiger partial charge in [0.05, 0.1) is 11.1 Å². The van der Waals surface area contributed by atoms with Crippen molar-refractivity contribution < 1.29 is 9.90 Å². The molecule has 0 unspecified atom stereocenters. The van der Waals surface area contributed by atoms with Crippen molar-refractivity contribution in [2.45, 2.75) is 6.92 Å². The molecule has 1 aliphatic heterocycles. The van der Waals surface area contributed by atoms with Crippen molar-refractivity contribution in [1.82, 2.24) is 10.3 Å². The molecule has 5 heteroatoms. The predicted octanol–water partition coefficient (Wildman–Crippen LogP) is 1.65. The summed E-state index contributed by atoms with van der Waals surface area (Å²) in [6, 6.07) is 7.39. The lowest BCUT2D eigenvalue weighted by atomic mass is 10.1. The quantitative estimate of drug-likeness (QED) is 0.869. The highest BCUT2D eigenvalue weighted by atomic mass is 16.4. The minimum Gasteiger partial charge on any atom is -0.478 e. The van der Waals surface area contributed by atoms with Gasteiger partial charge in [0.15, 0.2) is 0 Å². The van der Waals surface area contributed by atoms with Crippen LogP contribution in [0.15, 0.2) is 24.3 Å². The summed E-state index contributed by atoms with van der Waals surface area (Å²) in [4.78, 5) is 18.1. The van der Waals surface area contributed by atoms with Crippen LogP contribution >= 0.6 is 0 Å². The number of carboxylic acid groups (broad SMARTS) is 1. The Kier molecular flexibility index (Phi) is 3.28. The van der Waals surface area contributed by atoms with E-state index in [1.54, 1.807) is 12.1 Å². The van der Waals surface area contributed by atoms with E-state index < -0.39 is 5.97 Å². The average Bonchev–Trinajstić information content (AvgIpc) is 2.46. The second-order valence-electron chi connectivity index (χ2n) is 5.03. The van der Waals surface area contributed by atoms with Gasteiger partial charge in [-0.25, -0.2) is 4.79 Å². The number of aromatic nitrogens is 1. The van der Waals surface area contributed by atoms with Crippen LogP contribution in [-0.2, 0) is 0 Å². The van der Waals surface area contributed by atoms with Gasteiger partial charge < -0.3 is 15.3 Å². The molecule has 1 aromatic carbocycles. The van der Waals surface area contributed by atoms with E-state index in [2.05, 4.69) is 15.2 Å². The Morgan fingerprint density at radius 2 is 2.10 bits per heavy atom. The maximum absolute atomic E-state index is 11.4. The summed E-state index contributed by atoms with van der Waals surface area (Å²) in [5.41, 5.74) is 2.77. The number of aromatic carboxylic acids is 1. The molecule has 1 aliphatic rings. The van der Waals surface area contributed by atoms with Gasteiger partial charge in [0, 0.05) is 42.9 Å². The molecule has 0 aliphatic carbocycles. The van der Waals surface area contributed by atoms with Crippen molar-refractivity contribution in [3.63, 3.8) is 0 Å². The lowest BCUT2D eigenvalue weighted by molar-refractivity contribution is 0.0699. The first-order valence-electron chi connectivity index (χ1n) is 6.76. The standard InChI is InChI=1S/C15H17N3O2/c1-10-9-13(18-7-5-16-6-8-18)11-3-2-4-12(15(19)20)14(11)17-10/h2-4,9,16H,5-8H2,1H3,(H,19,20). The van der Waals surface area contributed by atoms with Crippen molar-refractivity contribution >= 4 is 22.6 Å². The predicted molar refractivity (Wildman–Crippen MR) is 78.5 cm³/mol. The fourth-order valence-corrected chi connectivity index (χ4v) is 2.69. The largest absolute Gasteiger partial charge is 0.478 e. The Labute approximate surface area is 117 Å². The third-order valence-corrected chi connectivity index (χ3v) is 3.63. The van der Waals surface area contributed by atoms with Gasteiger partial charge in [-0.3, -0.25) is 4.98 Å². The van der Waals surface area contributed by atoms with Crippen molar-refractivity contribution in [3.05, 3.63) is 35.5 Å². The SMILES string of the molecule is Cc1cc(N2CCNCC2)c2cccc(C(=O)O)c2n1. The third-order valence-electron chi connectivity index (χ3n) is 3.63. The third kappa shape index (κ3) is 2.20. The summed E-state index contributed by atoms with van der Waals surface area (Å²) < 4.78 is 0. The van der Waals surface area contributed by atoms with Gasteiger partial charge in [0.25, 0.3) is 0 Å². The molecule has 2 N–H and O–H groups in total. The number of pyridine rings is 1. The Bertz CT molecular complexity index is 663. The van der Waals surface area contributed by atoms with E-state index >= 15 is 0 Å². The Morgan fingerprint density at radius 1 is 1.35 bits per heavy atom. The molecule has 1 fully saturated rings. The lowest BCUT2D eigenvalue weighted by Crippen LogP contribution is -2.43. The second-order valence-corrected chi connectivity index (χ2v) is 5.03. The monoisotopic (exact) mass is 271 g/mol. The van der Waals surface area contributed by atoms with E-state index in [4.69, 9.17) is 0 Å². The molecule has 0 saturated carbocycles. The smallest absolute Gasteiger partial charge is 0.337 e. The van der Waals surface area contributed by atoms with Gasteiger partial charge >= 0.3 is 5.97 Å². The van der Waals surface area contributed by atoms with Crippen LogP contribution in [0.3, 0.4) is 0 Å². The highest BCUT2D eigenvalue weighted by molar-refractivity contribution is 6.05. The van der Waals surface area contributed by atoms with Crippen molar-refractivity contribution in [2.75, 3.05) is 31.1 Å². The van der Waals surface area contributed by atoms with Crippen molar-refractivity contribution in [3.8, 4) is 0 Å². The van der Waals surface area contributed by atoms with E-state index in [0.29, 0.717) is 5.52 Å². The number of aryl methyl sites for hydroxylation is 1. The van der Waals surface area contributed by atoms with E-state index in [1.165, 1.54) is 0 Å². The Hall–Kier alpha value is -2.14. The van der Waals surface area contributed by atoms with Crippen LogP contribution in [0.2, 0.25) is 0 Å². The second kappa shape index (κ2) is 5.09. The number of nitrogens with one attached hydrogen (secondary N) is 1. The molecule has 2 heterocycles. The maximum Gasteiger partial charge on any atom is 0.337 e. The molecule has 3 rings (SSSR count). The van der Waals surface area contributed by atoms with E-state index in [0.717, 1.165) is 42.9 Å². The van der Waals surface area contributed by atoms with E-state index in [1.807, 2.05) is 19.1 Å². The first kappa shape index (κ1) is 12.9. The van der Waals surface area contributed by atoms with E-state index in [9.17, 15) is 9.90 Å². The molecule has 5 nitrogen and oxygen atoms in total. The molecule has 104 valence electrons. The molecule has 0 spiro atoms. The number of carboxylic acids is 1. The van der Waals surface area contributed by atoms with Gasteiger partial charge in [-0.15, -0.1) is 0 Å². The zero-order chi connectivity index (χ0) is 14.1. The van der Waals surface area contributed by atoms with Gasteiger partial charge in [-0.1, -0.05) is 12.1 Å². The van der Waals surface area contributed by atoms with Crippen LogP contribution in [0.4, 0.5) is 5.69 Å². The molecular weight excluding hydrogens is 254 g/mol. The van der Waals surface area contributed by atoms with Crippen LogP contribution < -0.4 is 10.2 Å². The molecule has 2 aromatic rings. The highest BCUT2D eigenvalue weighted by Gasteiger charge is 2.17. The molecule has 20 heavy (non-hydrogen) atoms. The number of hydrogen-bond acceptors (Lipinski definition) is 4. The lowest BCUT2D eigenvalue weighted by Gasteiger charge is -2.30.